The van der Waals surface area contributed by atoms with E-state index >= 15 is 0 Å². The van der Waals surface area contributed by atoms with Crippen LogP contribution in [-0.2, 0) is 0 Å². The molecule has 3 heterocycles. The SMILES string of the molecule is N#Cc1cc(-c2ccccc2-n2c3ccccc3c3cccc(-n4c5ccccc5c5ccccc54)c32)ccc1-n1c2ccccc2c2c(C#N)cccc21. The van der Waals surface area contributed by atoms with E-state index in [1.54, 1.807) is 0 Å². The summed E-state index contributed by atoms with van der Waals surface area (Å²) in [5.41, 5.74) is 12.4. The van der Waals surface area contributed by atoms with Crippen molar-refractivity contribution in [2.75, 3.05) is 0 Å². The summed E-state index contributed by atoms with van der Waals surface area (Å²) in [5, 5.41) is 27.4. The Morgan fingerprint density at radius 2 is 0.836 bits per heavy atom. The summed E-state index contributed by atoms with van der Waals surface area (Å²) in [4.78, 5) is 0. The first kappa shape index (κ1) is 30.7. The number of para-hydroxylation sites is 6. The van der Waals surface area contributed by atoms with Crippen LogP contribution in [0.1, 0.15) is 11.1 Å². The summed E-state index contributed by atoms with van der Waals surface area (Å²) in [6.07, 6.45) is 0. The fourth-order valence-corrected chi connectivity index (χ4v) is 8.89. The van der Waals surface area contributed by atoms with Crippen molar-refractivity contribution < 1.29 is 0 Å². The lowest BCUT2D eigenvalue weighted by molar-refractivity contribution is 1.13. The van der Waals surface area contributed by atoms with Gasteiger partial charge < -0.3 is 13.7 Å². The molecule has 5 heteroatoms. The number of nitrogens with zero attached hydrogens (tertiary/aromatic N) is 5. The van der Waals surface area contributed by atoms with Crippen LogP contribution in [0, 0.1) is 22.7 Å². The average molecular weight is 700 g/mol. The average Bonchev–Trinajstić information content (AvgIpc) is 3.89. The highest BCUT2D eigenvalue weighted by atomic mass is 15.1. The topological polar surface area (TPSA) is 62.4 Å². The second kappa shape index (κ2) is 11.8. The Kier molecular flexibility index (Phi) is 6.61. The zero-order chi connectivity index (χ0) is 36.6. The van der Waals surface area contributed by atoms with E-state index in [0.29, 0.717) is 11.1 Å². The molecule has 0 spiro atoms. The van der Waals surface area contributed by atoms with Crippen LogP contribution in [0.5, 0.6) is 0 Å². The summed E-state index contributed by atoms with van der Waals surface area (Å²) in [6.45, 7) is 0. The van der Waals surface area contributed by atoms with Gasteiger partial charge in [-0.3, -0.25) is 0 Å². The van der Waals surface area contributed by atoms with Gasteiger partial charge in [0, 0.05) is 37.9 Å². The molecule has 0 atom stereocenters. The van der Waals surface area contributed by atoms with Gasteiger partial charge in [0.1, 0.15) is 6.07 Å². The Hall–Kier alpha value is -7.86. The van der Waals surface area contributed by atoms with Crippen molar-refractivity contribution in [3.8, 4) is 40.3 Å². The highest BCUT2D eigenvalue weighted by molar-refractivity contribution is 6.16. The van der Waals surface area contributed by atoms with Gasteiger partial charge in [0.15, 0.2) is 0 Å². The molecule has 0 aliphatic carbocycles. The maximum absolute atomic E-state index is 10.8. The lowest BCUT2D eigenvalue weighted by Crippen LogP contribution is -2.02. The van der Waals surface area contributed by atoms with E-state index < -0.39 is 0 Å². The first-order chi connectivity index (χ1) is 27.2. The zero-order valence-corrected chi connectivity index (χ0v) is 29.5. The number of aromatic nitrogens is 3. The largest absolute Gasteiger partial charge is 0.308 e. The maximum atomic E-state index is 10.8. The second-order valence-corrected chi connectivity index (χ2v) is 13.9. The molecule has 8 aromatic carbocycles. The van der Waals surface area contributed by atoms with Crippen LogP contribution in [0.3, 0.4) is 0 Å². The number of hydrogen-bond donors (Lipinski definition) is 0. The monoisotopic (exact) mass is 699 g/mol. The van der Waals surface area contributed by atoms with Crippen molar-refractivity contribution >= 4 is 65.4 Å². The molecule has 11 rings (SSSR count). The Morgan fingerprint density at radius 3 is 1.53 bits per heavy atom. The number of fused-ring (bicyclic) bond motifs is 9. The quantitative estimate of drug-likeness (QED) is 0.184. The third-order valence-corrected chi connectivity index (χ3v) is 11.1. The third kappa shape index (κ3) is 4.33. The minimum atomic E-state index is 0.547. The molecule has 11 aromatic rings. The van der Waals surface area contributed by atoms with Gasteiger partial charge in [0.2, 0.25) is 0 Å². The Morgan fingerprint density at radius 1 is 0.345 bits per heavy atom. The molecule has 0 amide bonds. The van der Waals surface area contributed by atoms with Crippen LogP contribution in [0.4, 0.5) is 0 Å². The highest BCUT2D eigenvalue weighted by Gasteiger charge is 2.22. The predicted molar refractivity (Wildman–Crippen MR) is 224 cm³/mol. The molecule has 0 saturated heterocycles. The first-order valence-electron chi connectivity index (χ1n) is 18.3. The Balaban J connectivity index is 1.18. The summed E-state index contributed by atoms with van der Waals surface area (Å²) in [5.74, 6) is 0. The molecule has 0 fully saturated rings. The van der Waals surface area contributed by atoms with Gasteiger partial charge in [-0.2, -0.15) is 10.5 Å². The van der Waals surface area contributed by atoms with Gasteiger partial charge >= 0.3 is 0 Å². The summed E-state index contributed by atoms with van der Waals surface area (Å²) in [7, 11) is 0. The predicted octanol–water partition coefficient (Wildman–Crippen LogP) is 12.4. The molecule has 3 aromatic heterocycles. The van der Waals surface area contributed by atoms with Crippen molar-refractivity contribution in [1.82, 2.24) is 13.7 Å². The molecule has 0 aliphatic heterocycles. The van der Waals surface area contributed by atoms with Crippen LogP contribution in [-0.4, -0.2) is 13.7 Å². The number of nitriles is 2. The van der Waals surface area contributed by atoms with Crippen LogP contribution in [0.15, 0.2) is 176 Å². The van der Waals surface area contributed by atoms with Crippen LogP contribution >= 0.6 is 0 Å². The van der Waals surface area contributed by atoms with Crippen molar-refractivity contribution in [1.29, 1.82) is 10.5 Å². The Labute approximate surface area is 316 Å². The normalized spacial score (nSPS) is 11.6. The lowest BCUT2D eigenvalue weighted by Gasteiger charge is -2.18. The number of hydrogen-bond acceptors (Lipinski definition) is 2. The molecule has 55 heavy (non-hydrogen) atoms. The van der Waals surface area contributed by atoms with Crippen molar-refractivity contribution in [3.63, 3.8) is 0 Å². The van der Waals surface area contributed by atoms with Crippen molar-refractivity contribution in [3.05, 3.63) is 187 Å². The highest BCUT2D eigenvalue weighted by Crippen LogP contribution is 2.42. The zero-order valence-electron chi connectivity index (χ0n) is 29.5. The minimum Gasteiger partial charge on any atom is -0.308 e. The van der Waals surface area contributed by atoms with Crippen LogP contribution in [0.2, 0.25) is 0 Å². The van der Waals surface area contributed by atoms with Gasteiger partial charge in [-0.25, -0.2) is 0 Å². The fourth-order valence-electron chi connectivity index (χ4n) is 8.89. The van der Waals surface area contributed by atoms with E-state index in [1.807, 2.05) is 48.5 Å². The number of benzene rings is 8. The first-order valence-corrected chi connectivity index (χ1v) is 18.3. The molecular weight excluding hydrogens is 671 g/mol. The van der Waals surface area contributed by atoms with Gasteiger partial charge in [-0.05, 0) is 66.2 Å². The minimum absolute atomic E-state index is 0.547. The standard InChI is InChI=1S/C50H29N5/c51-30-33-13-11-25-47-49(33)40-18-5-10-24-46(40)53(47)41-28-27-32(29-34(41)31-52)35-14-1-6-20-42(35)55-45-23-9-4-17-38(45)39-19-12-26-48(50(39)55)54-43-21-7-2-15-36(43)37-16-3-8-22-44(37)54/h1-29H. The Bertz CT molecular complexity index is 3420. The summed E-state index contributed by atoms with van der Waals surface area (Å²) >= 11 is 0. The van der Waals surface area contributed by atoms with Crippen LogP contribution in [0.25, 0.3) is 93.6 Å². The van der Waals surface area contributed by atoms with E-state index in [0.717, 1.165) is 72.1 Å². The van der Waals surface area contributed by atoms with Crippen molar-refractivity contribution in [2.24, 2.45) is 0 Å². The van der Waals surface area contributed by atoms with E-state index in [-0.39, 0.29) is 0 Å². The molecule has 0 radical (unpaired) electrons. The van der Waals surface area contributed by atoms with Gasteiger partial charge in [-0.1, -0.05) is 115 Å². The molecule has 0 bridgehead atoms. The molecule has 254 valence electrons. The van der Waals surface area contributed by atoms with Gasteiger partial charge in [-0.15, -0.1) is 0 Å². The van der Waals surface area contributed by atoms with E-state index in [4.69, 9.17) is 0 Å². The molecule has 0 N–H and O–H groups in total. The molecule has 0 saturated carbocycles. The van der Waals surface area contributed by atoms with E-state index in [1.165, 1.54) is 21.5 Å². The fraction of sp³-hybridized carbons (Fsp3) is 0. The van der Waals surface area contributed by atoms with Crippen LogP contribution < -0.4 is 0 Å². The number of rotatable bonds is 4. The van der Waals surface area contributed by atoms with Gasteiger partial charge in [0.25, 0.3) is 0 Å². The summed E-state index contributed by atoms with van der Waals surface area (Å²) in [6, 6.07) is 65.9. The second-order valence-electron chi connectivity index (χ2n) is 13.9. The third-order valence-electron chi connectivity index (χ3n) is 11.1. The summed E-state index contributed by atoms with van der Waals surface area (Å²) < 4.78 is 6.91. The maximum Gasteiger partial charge on any atom is 0.101 e. The van der Waals surface area contributed by atoms with Crippen molar-refractivity contribution in [2.45, 2.75) is 0 Å². The molecule has 0 aliphatic rings. The smallest absolute Gasteiger partial charge is 0.101 e. The van der Waals surface area contributed by atoms with E-state index in [9.17, 15) is 10.5 Å². The van der Waals surface area contributed by atoms with E-state index in [2.05, 4.69) is 153 Å². The molecular formula is C50H29N5. The lowest BCUT2D eigenvalue weighted by atomic mass is 10.00. The molecule has 0 unspecified atom stereocenters. The van der Waals surface area contributed by atoms with Gasteiger partial charge in [0.05, 0.1) is 67.4 Å². The molecule has 5 nitrogen and oxygen atoms in total.